The SMILES string of the molecule is Cc1cccc(Cc2nc3c(c(N4CCOCC4)n2)CN(C(=O)C(C)(C)C)CC3)c1. The highest BCUT2D eigenvalue weighted by Gasteiger charge is 2.32. The van der Waals surface area contributed by atoms with E-state index in [1.54, 1.807) is 0 Å². The van der Waals surface area contributed by atoms with Crippen LogP contribution in [0.5, 0.6) is 0 Å². The fourth-order valence-electron chi connectivity index (χ4n) is 4.21. The largest absolute Gasteiger partial charge is 0.378 e. The smallest absolute Gasteiger partial charge is 0.228 e. The molecule has 0 N–H and O–H groups in total. The van der Waals surface area contributed by atoms with E-state index in [4.69, 9.17) is 14.7 Å². The lowest BCUT2D eigenvalue weighted by molar-refractivity contribution is -0.140. The Bertz CT molecular complexity index is 929. The van der Waals surface area contributed by atoms with Crippen LogP contribution < -0.4 is 4.90 Å². The van der Waals surface area contributed by atoms with Gasteiger partial charge in [0.25, 0.3) is 0 Å². The van der Waals surface area contributed by atoms with Crippen molar-refractivity contribution in [2.24, 2.45) is 5.41 Å². The minimum absolute atomic E-state index is 0.185. The van der Waals surface area contributed by atoms with E-state index in [0.29, 0.717) is 26.3 Å². The molecule has 6 heteroatoms. The van der Waals surface area contributed by atoms with E-state index >= 15 is 0 Å². The Morgan fingerprint density at radius 3 is 2.60 bits per heavy atom. The number of aromatic nitrogens is 2. The normalized spacial score (nSPS) is 17.1. The summed E-state index contributed by atoms with van der Waals surface area (Å²) in [4.78, 5) is 27.1. The number of benzene rings is 1. The highest BCUT2D eigenvalue weighted by Crippen LogP contribution is 2.30. The van der Waals surface area contributed by atoms with Crippen LogP contribution in [-0.4, -0.2) is 53.6 Å². The lowest BCUT2D eigenvalue weighted by Crippen LogP contribution is -2.44. The maximum Gasteiger partial charge on any atom is 0.228 e. The van der Waals surface area contributed by atoms with Crippen LogP contribution in [0.25, 0.3) is 0 Å². The Morgan fingerprint density at radius 1 is 1.13 bits per heavy atom. The van der Waals surface area contributed by atoms with E-state index in [1.807, 2.05) is 25.7 Å². The summed E-state index contributed by atoms with van der Waals surface area (Å²) in [6.45, 7) is 12.4. The van der Waals surface area contributed by atoms with Gasteiger partial charge in [0.2, 0.25) is 5.91 Å². The number of ether oxygens (including phenoxy) is 1. The van der Waals surface area contributed by atoms with Crippen molar-refractivity contribution in [3.63, 3.8) is 0 Å². The molecule has 160 valence electrons. The third-order valence-corrected chi connectivity index (χ3v) is 5.77. The average Bonchev–Trinajstić information content (AvgIpc) is 2.72. The molecule has 1 amide bonds. The molecule has 6 nitrogen and oxygen atoms in total. The first-order chi connectivity index (χ1) is 14.3. The van der Waals surface area contributed by atoms with E-state index < -0.39 is 0 Å². The van der Waals surface area contributed by atoms with Gasteiger partial charge in [-0.15, -0.1) is 0 Å². The van der Waals surface area contributed by atoms with Crippen LogP contribution >= 0.6 is 0 Å². The van der Waals surface area contributed by atoms with Crippen molar-refractivity contribution < 1.29 is 9.53 Å². The summed E-state index contributed by atoms with van der Waals surface area (Å²) in [7, 11) is 0. The van der Waals surface area contributed by atoms with Crippen molar-refractivity contribution in [3.05, 3.63) is 52.5 Å². The quantitative estimate of drug-likeness (QED) is 0.781. The number of anilines is 1. The second-order valence-corrected chi connectivity index (χ2v) is 9.38. The molecule has 0 bridgehead atoms. The molecule has 0 aliphatic carbocycles. The van der Waals surface area contributed by atoms with Gasteiger partial charge in [0.15, 0.2) is 0 Å². The van der Waals surface area contributed by atoms with Crippen molar-refractivity contribution in [3.8, 4) is 0 Å². The number of amides is 1. The summed E-state index contributed by atoms with van der Waals surface area (Å²) in [5.41, 5.74) is 4.28. The lowest BCUT2D eigenvalue weighted by atomic mass is 9.93. The number of carbonyl (C=O) groups is 1. The minimum atomic E-state index is -0.386. The lowest BCUT2D eigenvalue weighted by Gasteiger charge is -2.36. The first kappa shape index (κ1) is 20.8. The van der Waals surface area contributed by atoms with Crippen molar-refractivity contribution in [2.45, 2.75) is 47.1 Å². The van der Waals surface area contributed by atoms with Gasteiger partial charge in [0, 0.05) is 43.5 Å². The van der Waals surface area contributed by atoms with Gasteiger partial charge >= 0.3 is 0 Å². The van der Waals surface area contributed by atoms with E-state index in [0.717, 1.165) is 48.8 Å². The molecule has 30 heavy (non-hydrogen) atoms. The molecule has 2 aliphatic rings. The van der Waals surface area contributed by atoms with Crippen LogP contribution in [0.1, 0.15) is 49.0 Å². The predicted molar refractivity (Wildman–Crippen MR) is 118 cm³/mol. The molecule has 1 aromatic carbocycles. The molecular weight excluding hydrogens is 376 g/mol. The number of carbonyl (C=O) groups excluding carboxylic acids is 1. The van der Waals surface area contributed by atoms with Crippen molar-refractivity contribution in [1.29, 1.82) is 0 Å². The number of hydrogen-bond donors (Lipinski definition) is 0. The zero-order valence-corrected chi connectivity index (χ0v) is 18.6. The standard InChI is InChI=1S/C24H32N4O2/c1-17-6-5-7-18(14-17)15-21-25-20-8-9-28(23(29)24(2,3)4)16-19(20)22(26-21)27-10-12-30-13-11-27/h5-7,14H,8-13,15-16H2,1-4H3. The van der Waals surface area contributed by atoms with Crippen LogP contribution in [-0.2, 0) is 28.9 Å². The van der Waals surface area contributed by atoms with Crippen LogP contribution in [0.2, 0.25) is 0 Å². The number of hydrogen-bond acceptors (Lipinski definition) is 5. The molecule has 1 saturated heterocycles. The summed E-state index contributed by atoms with van der Waals surface area (Å²) >= 11 is 0. The first-order valence-corrected chi connectivity index (χ1v) is 10.9. The van der Waals surface area contributed by atoms with Gasteiger partial charge in [-0.3, -0.25) is 4.79 Å². The summed E-state index contributed by atoms with van der Waals surface area (Å²) in [6, 6.07) is 8.52. The van der Waals surface area contributed by atoms with E-state index in [2.05, 4.69) is 36.1 Å². The van der Waals surface area contributed by atoms with Gasteiger partial charge in [-0.1, -0.05) is 50.6 Å². The van der Waals surface area contributed by atoms with Gasteiger partial charge in [-0.05, 0) is 12.5 Å². The number of fused-ring (bicyclic) bond motifs is 1. The van der Waals surface area contributed by atoms with Crippen molar-refractivity contribution in [2.75, 3.05) is 37.7 Å². The Morgan fingerprint density at radius 2 is 1.90 bits per heavy atom. The Balaban J connectivity index is 1.69. The van der Waals surface area contributed by atoms with E-state index in [-0.39, 0.29) is 11.3 Å². The number of aryl methyl sites for hydroxylation is 1. The summed E-state index contributed by atoms with van der Waals surface area (Å²) in [5.74, 6) is 2.03. The van der Waals surface area contributed by atoms with Crippen LogP contribution in [0.4, 0.5) is 5.82 Å². The first-order valence-electron chi connectivity index (χ1n) is 10.9. The molecule has 0 unspecified atom stereocenters. The fourth-order valence-corrected chi connectivity index (χ4v) is 4.21. The summed E-state index contributed by atoms with van der Waals surface area (Å²) < 4.78 is 5.56. The molecule has 1 fully saturated rings. The number of rotatable bonds is 3. The summed E-state index contributed by atoms with van der Waals surface area (Å²) in [6.07, 6.45) is 1.49. The van der Waals surface area contributed by atoms with Gasteiger partial charge in [-0.25, -0.2) is 9.97 Å². The zero-order valence-electron chi connectivity index (χ0n) is 18.6. The van der Waals surface area contributed by atoms with Crippen LogP contribution in [0, 0.1) is 12.3 Å². The van der Waals surface area contributed by atoms with Crippen molar-refractivity contribution >= 4 is 11.7 Å². The van der Waals surface area contributed by atoms with Gasteiger partial charge in [0.05, 0.1) is 25.5 Å². The monoisotopic (exact) mass is 408 g/mol. The summed E-state index contributed by atoms with van der Waals surface area (Å²) in [5, 5.41) is 0. The molecule has 3 heterocycles. The zero-order chi connectivity index (χ0) is 21.3. The van der Waals surface area contributed by atoms with Crippen molar-refractivity contribution in [1.82, 2.24) is 14.9 Å². The number of morpholine rings is 1. The molecule has 2 aromatic rings. The van der Waals surface area contributed by atoms with Gasteiger partial charge < -0.3 is 14.5 Å². The van der Waals surface area contributed by atoms with E-state index in [9.17, 15) is 4.79 Å². The third kappa shape index (κ3) is 4.48. The third-order valence-electron chi connectivity index (χ3n) is 5.77. The molecule has 4 rings (SSSR count). The topological polar surface area (TPSA) is 58.6 Å². The fraction of sp³-hybridized carbons (Fsp3) is 0.542. The highest BCUT2D eigenvalue weighted by molar-refractivity contribution is 5.82. The second kappa shape index (κ2) is 8.34. The number of nitrogens with zero attached hydrogens (tertiary/aromatic N) is 4. The Kier molecular flexibility index (Phi) is 5.78. The Labute approximate surface area is 179 Å². The highest BCUT2D eigenvalue weighted by atomic mass is 16.5. The maximum absolute atomic E-state index is 12.9. The average molecular weight is 409 g/mol. The molecule has 1 aromatic heterocycles. The van der Waals surface area contributed by atoms with Gasteiger partial charge in [-0.2, -0.15) is 0 Å². The molecule has 0 spiro atoms. The molecule has 0 atom stereocenters. The van der Waals surface area contributed by atoms with E-state index in [1.165, 1.54) is 11.1 Å². The van der Waals surface area contributed by atoms with Gasteiger partial charge in [0.1, 0.15) is 11.6 Å². The molecular formula is C24H32N4O2. The maximum atomic E-state index is 12.9. The second-order valence-electron chi connectivity index (χ2n) is 9.38. The predicted octanol–water partition coefficient (Wildman–Crippen LogP) is 3.14. The molecule has 2 aliphatic heterocycles. The molecule has 0 saturated carbocycles. The van der Waals surface area contributed by atoms with Crippen LogP contribution in [0.3, 0.4) is 0 Å². The minimum Gasteiger partial charge on any atom is -0.378 e. The van der Waals surface area contributed by atoms with Crippen LogP contribution in [0.15, 0.2) is 24.3 Å². The molecule has 0 radical (unpaired) electrons. The Hall–Kier alpha value is -2.47.